The van der Waals surface area contributed by atoms with Gasteiger partial charge in [0.2, 0.25) is 0 Å². The molecular formula is C44H38Cl2FN3O3. The van der Waals surface area contributed by atoms with Crippen LogP contribution in [0.2, 0.25) is 10.0 Å². The largest absolute Gasteiger partial charge is 0.457 e. The van der Waals surface area contributed by atoms with E-state index >= 15 is 0 Å². The highest BCUT2D eigenvalue weighted by Gasteiger charge is 2.14. The zero-order valence-corrected chi connectivity index (χ0v) is 31.6. The Kier molecular flexibility index (Phi) is 11.3. The summed E-state index contributed by atoms with van der Waals surface area (Å²) < 4.78 is 26.0. The molecule has 0 aliphatic carbocycles. The lowest BCUT2D eigenvalue weighted by Gasteiger charge is -2.12. The quantitative estimate of drug-likeness (QED) is 0.156. The molecule has 53 heavy (non-hydrogen) atoms. The van der Waals surface area contributed by atoms with E-state index in [2.05, 4.69) is 55.9 Å². The van der Waals surface area contributed by atoms with Crippen LogP contribution in [-0.2, 0) is 17.6 Å². The van der Waals surface area contributed by atoms with Crippen molar-refractivity contribution in [1.29, 1.82) is 0 Å². The number of halogens is 3. The molecule has 268 valence electrons. The van der Waals surface area contributed by atoms with Gasteiger partial charge >= 0.3 is 0 Å². The number of nitrogens with two attached hydrogens (primary N) is 1. The molecule has 0 aliphatic heterocycles. The minimum absolute atomic E-state index is 0.0316. The lowest BCUT2D eigenvalue weighted by Crippen LogP contribution is -2.08. The van der Waals surface area contributed by atoms with Gasteiger partial charge in [0.1, 0.15) is 34.6 Å². The number of ketones is 1. The molecule has 0 saturated carbocycles. The molecule has 0 fully saturated rings. The van der Waals surface area contributed by atoms with Crippen LogP contribution in [0.15, 0.2) is 103 Å². The highest BCUT2D eigenvalue weighted by atomic mass is 35.5. The van der Waals surface area contributed by atoms with Crippen LogP contribution in [0.3, 0.4) is 0 Å². The third-order valence-electron chi connectivity index (χ3n) is 9.06. The van der Waals surface area contributed by atoms with Gasteiger partial charge in [-0.05, 0) is 135 Å². The summed E-state index contributed by atoms with van der Waals surface area (Å²) >= 11 is 12.5. The van der Waals surface area contributed by atoms with Crippen molar-refractivity contribution >= 4 is 56.5 Å². The molecule has 2 N–H and O–H groups in total. The molecule has 0 atom stereocenters. The predicted octanol–water partition coefficient (Wildman–Crippen LogP) is 12.0. The summed E-state index contributed by atoms with van der Waals surface area (Å²) in [5.41, 5.74) is 14.8. The average Bonchev–Trinajstić information content (AvgIpc) is 3.11. The Balaban J connectivity index is 0.000000198. The first-order chi connectivity index (χ1) is 25.3. The molecule has 2 heterocycles. The van der Waals surface area contributed by atoms with Crippen molar-refractivity contribution < 1.29 is 18.7 Å². The molecule has 0 unspecified atom stereocenters. The lowest BCUT2D eigenvalue weighted by atomic mass is 10.0. The summed E-state index contributed by atoms with van der Waals surface area (Å²) in [5, 5.41) is 2.82. The van der Waals surface area contributed by atoms with Gasteiger partial charge in [-0.25, -0.2) is 4.39 Å². The minimum Gasteiger partial charge on any atom is -0.457 e. The number of nitrogen functional groups attached to an aromatic ring is 1. The van der Waals surface area contributed by atoms with Gasteiger partial charge in [0, 0.05) is 47.1 Å². The fourth-order valence-electron chi connectivity index (χ4n) is 5.82. The summed E-state index contributed by atoms with van der Waals surface area (Å²) in [7, 11) is 0. The first kappa shape index (κ1) is 37.3. The van der Waals surface area contributed by atoms with Gasteiger partial charge in [-0.15, -0.1) is 0 Å². The summed E-state index contributed by atoms with van der Waals surface area (Å²) in [4.78, 5) is 21.3. The van der Waals surface area contributed by atoms with Crippen LogP contribution in [0, 0.1) is 40.4 Å². The molecule has 0 radical (unpaired) electrons. The van der Waals surface area contributed by atoms with Gasteiger partial charge in [0.15, 0.2) is 0 Å². The van der Waals surface area contributed by atoms with Gasteiger partial charge in [-0.2, -0.15) is 0 Å². The van der Waals surface area contributed by atoms with Crippen LogP contribution in [0.5, 0.6) is 23.0 Å². The van der Waals surface area contributed by atoms with E-state index in [0.717, 1.165) is 38.7 Å². The van der Waals surface area contributed by atoms with Crippen molar-refractivity contribution in [1.82, 2.24) is 9.97 Å². The number of nitrogens with zero attached hydrogens (tertiary/aromatic N) is 2. The molecule has 7 rings (SSSR count). The van der Waals surface area contributed by atoms with Crippen molar-refractivity contribution in [3.8, 4) is 23.0 Å². The molecular weight excluding hydrogens is 708 g/mol. The molecule has 0 saturated heterocycles. The van der Waals surface area contributed by atoms with Crippen molar-refractivity contribution in [3.05, 3.63) is 158 Å². The maximum atomic E-state index is 14.0. The SMILES string of the molecule is Cc1cc2nccc(Oc3ccc(N)c(Cl)c3)c2cc1C.Cc1ccc(F)c(CC(=O)Cc2ccc(Oc3ccnc4cc(C)c(C)cc34)cc2Cl)c1. The molecule has 6 nitrogen and oxygen atoms in total. The fourth-order valence-corrected chi connectivity index (χ4v) is 6.23. The molecule has 5 aromatic carbocycles. The number of Topliss-reactive ketones (excluding diaryl/α,β-unsaturated/α-hetero) is 1. The van der Waals surface area contributed by atoms with Crippen molar-refractivity contribution in [2.45, 2.75) is 47.5 Å². The molecule has 9 heteroatoms. The summed E-state index contributed by atoms with van der Waals surface area (Å²) in [5.74, 6) is 2.20. The van der Waals surface area contributed by atoms with E-state index < -0.39 is 0 Å². The second-order valence-corrected chi connectivity index (χ2v) is 14.0. The molecule has 0 amide bonds. The Morgan fingerprint density at radius 2 is 1.13 bits per heavy atom. The molecule has 0 spiro atoms. The van der Waals surface area contributed by atoms with Crippen LogP contribution < -0.4 is 15.2 Å². The Morgan fingerprint density at radius 3 is 1.68 bits per heavy atom. The predicted molar refractivity (Wildman–Crippen MR) is 213 cm³/mol. The second kappa shape index (κ2) is 16.0. The van der Waals surface area contributed by atoms with E-state index in [0.29, 0.717) is 44.1 Å². The normalized spacial score (nSPS) is 10.9. The monoisotopic (exact) mass is 745 g/mol. The van der Waals surface area contributed by atoms with Gasteiger partial charge in [0.05, 0.1) is 21.7 Å². The van der Waals surface area contributed by atoms with Gasteiger partial charge in [-0.1, -0.05) is 47.0 Å². The van der Waals surface area contributed by atoms with Crippen LogP contribution >= 0.6 is 23.2 Å². The zero-order valence-electron chi connectivity index (χ0n) is 30.1. The Morgan fingerprint density at radius 1 is 0.623 bits per heavy atom. The number of ether oxygens (including phenoxy) is 2. The van der Waals surface area contributed by atoms with E-state index in [1.54, 1.807) is 60.9 Å². The first-order valence-electron chi connectivity index (χ1n) is 17.0. The van der Waals surface area contributed by atoms with Crippen LogP contribution in [0.4, 0.5) is 10.1 Å². The topological polar surface area (TPSA) is 87.3 Å². The fraction of sp³-hybridized carbons (Fsp3) is 0.159. The van der Waals surface area contributed by atoms with E-state index in [1.807, 2.05) is 25.1 Å². The molecule has 7 aromatic rings. The van der Waals surface area contributed by atoms with Gasteiger partial charge < -0.3 is 15.2 Å². The first-order valence-corrected chi connectivity index (χ1v) is 17.8. The van der Waals surface area contributed by atoms with E-state index in [1.165, 1.54) is 22.8 Å². The Labute approximate surface area is 318 Å². The number of hydrogen-bond donors (Lipinski definition) is 1. The van der Waals surface area contributed by atoms with Crippen molar-refractivity contribution in [3.63, 3.8) is 0 Å². The third-order valence-corrected chi connectivity index (χ3v) is 9.74. The number of aromatic nitrogens is 2. The van der Waals surface area contributed by atoms with Crippen LogP contribution in [0.1, 0.15) is 38.9 Å². The second-order valence-electron chi connectivity index (χ2n) is 13.2. The van der Waals surface area contributed by atoms with E-state index in [9.17, 15) is 9.18 Å². The third kappa shape index (κ3) is 8.94. The molecule has 0 aliphatic rings. The minimum atomic E-state index is -0.367. The van der Waals surface area contributed by atoms with Crippen LogP contribution in [-0.4, -0.2) is 15.8 Å². The standard InChI is InChI=1S/C27H23ClFNO2.C17H15ClN2O/c1-16-4-7-25(29)20(10-16)14-21(31)13-19-5-6-22(15-24(19)28)32-27-8-9-30-26-12-18(3)17(2)11-23(26)27;1-10-7-13-16(8-11(10)2)20-6-5-17(13)21-12-3-4-15(19)14(18)9-12/h4-12,15H,13-14H2,1-3H3;3-9H,19H2,1-2H3. The van der Waals surface area contributed by atoms with Gasteiger partial charge in [0.25, 0.3) is 0 Å². The number of pyridine rings is 2. The lowest BCUT2D eigenvalue weighted by molar-refractivity contribution is -0.117. The number of anilines is 1. The van der Waals surface area contributed by atoms with Crippen molar-refractivity contribution in [2.24, 2.45) is 0 Å². The average molecular weight is 747 g/mol. The molecule has 0 bridgehead atoms. The number of carbonyl (C=O) groups excluding carboxylic acids is 1. The number of fused-ring (bicyclic) bond motifs is 2. The molecule has 2 aromatic heterocycles. The number of carbonyl (C=O) groups is 1. The summed E-state index contributed by atoms with van der Waals surface area (Å²) in [6.45, 7) is 10.1. The highest BCUT2D eigenvalue weighted by molar-refractivity contribution is 6.33. The summed E-state index contributed by atoms with van der Waals surface area (Å²) in [6.07, 6.45) is 3.61. The maximum Gasteiger partial charge on any atom is 0.141 e. The number of aryl methyl sites for hydroxylation is 5. The van der Waals surface area contributed by atoms with Crippen LogP contribution in [0.25, 0.3) is 21.8 Å². The summed E-state index contributed by atoms with van der Waals surface area (Å²) in [6, 6.07) is 27.2. The number of rotatable bonds is 8. The van der Waals surface area contributed by atoms with E-state index in [-0.39, 0.29) is 24.4 Å². The van der Waals surface area contributed by atoms with Gasteiger partial charge in [-0.3, -0.25) is 14.8 Å². The van der Waals surface area contributed by atoms with E-state index in [4.69, 9.17) is 38.4 Å². The Hall–Kier alpha value is -5.50. The Bertz CT molecular complexity index is 2500. The zero-order chi connectivity index (χ0) is 37.8. The highest BCUT2D eigenvalue weighted by Crippen LogP contribution is 2.34. The number of hydrogen-bond acceptors (Lipinski definition) is 6. The maximum absolute atomic E-state index is 14.0. The smallest absolute Gasteiger partial charge is 0.141 e. The number of benzene rings is 5. The van der Waals surface area contributed by atoms with Crippen molar-refractivity contribution in [2.75, 3.05) is 5.73 Å².